The summed E-state index contributed by atoms with van der Waals surface area (Å²) in [5.74, 6) is 0. The Morgan fingerprint density at radius 1 is 0.640 bits per heavy atom. The Morgan fingerprint density at radius 2 is 1.20 bits per heavy atom. The van der Waals surface area contributed by atoms with Crippen molar-refractivity contribution < 1.29 is 0 Å². The molecular weight excluding hydrogens is 302 g/mol. The molecule has 1 aliphatic carbocycles. The first-order chi connectivity index (χ1) is 12.3. The van der Waals surface area contributed by atoms with Gasteiger partial charge in [0, 0.05) is 0 Å². The van der Waals surface area contributed by atoms with E-state index in [-0.39, 0.29) is 0 Å². The van der Waals surface area contributed by atoms with Crippen LogP contribution in [0.25, 0.3) is 16.7 Å². The van der Waals surface area contributed by atoms with Crippen LogP contribution in [0.2, 0.25) is 0 Å². The van der Waals surface area contributed by atoms with Gasteiger partial charge in [-0.1, -0.05) is 103 Å². The normalized spacial score (nSPS) is 19.5. The molecule has 0 aliphatic heterocycles. The molecule has 0 spiro atoms. The molecule has 0 bridgehead atoms. The number of rotatable bonds is 3. The first-order valence-electron chi connectivity index (χ1n) is 8.65. The monoisotopic (exact) mass is 323 g/mol. The lowest BCUT2D eigenvalue weighted by atomic mass is 9.75. The predicted molar refractivity (Wildman–Crippen MR) is 106 cm³/mol. The standard InChI is InChI=1S/C24H21N/c25-24(18-8-7-13-23(24)21-11-5-2-6-12-21)22-16-14-20(15-17-22)19-9-3-1-4-10-19/h1-17H,18,25H2. The molecule has 0 aromatic heterocycles. The average molecular weight is 323 g/mol. The third-order valence-electron chi connectivity index (χ3n) is 4.91. The van der Waals surface area contributed by atoms with Crippen molar-refractivity contribution in [2.45, 2.75) is 12.0 Å². The van der Waals surface area contributed by atoms with Crippen LogP contribution in [-0.4, -0.2) is 0 Å². The van der Waals surface area contributed by atoms with Crippen LogP contribution >= 0.6 is 0 Å². The summed E-state index contributed by atoms with van der Waals surface area (Å²) in [5, 5.41) is 0. The highest BCUT2D eigenvalue weighted by molar-refractivity contribution is 5.78. The average Bonchev–Trinajstić information content (AvgIpc) is 2.70. The Labute approximate surface area is 149 Å². The summed E-state index contributed by atoms with van der Waals surface area (Å²) < 4.78 is 0. The zero-order chi connectivity index (χ0) is 17.1. The Morgan fingerprint density at radius 3 is 1.84 bits per heavy atom. The lowest BCUT2D eigenvalue weighted by molar-refractivity contribution is 0.586. The van der Waals surface area contributed by atoms with E-state index in [1.54, 1.807) is 0 Å². The fraction of sp³-hybridized carbons (Fsp3) is 0.0833. The summed E-state index contributed by atoms with van der Waals surface area (Å²) >= 11 is 0. The minimum Gasteiger partial charge on any atom is -0.317 e. The maximum absolute atomic E-state index is 6.93. The smallest absolute Gasteiger partial charge is 0.0706 e. The van der Waals surface area contributed by atoms with Gasteiger partial charge in [-0.3, -0.25) is 0 Å². The van der Waals surface area contributed by atoms with Gasteiger partial charge in [0.2, 0.25) is 0 Å². The lowest BCUT2D eigenvalue weighted by Gasteiger charge is -2.34. The molecule has 4 rings (SSSR count). The van der Waals surface area contributed by atoms with Crippen molar-refractivity contribution in [3.63, 3.8) is 0 Å². The van der Waals surface area contributed by atoms with Crippen LogP contribution in [0.5, 0.6) is 0 Å². The van der Waals surface area contributed by atoms with E-state index in [0.29, 0.717) is 0 Å². The molecule has 0 heterocycles. The molecule has 0 saturated carbocycles. The molecule has 122 valence electrons. The van der Waals surface area contributed by atoms with Gasteiger partial charge in [-0.25, -0.2) is 0 Å². The molecule has 25 heavy (non-hydrogen) atoms. The fourth-order valence-electron chi connectivity index (χ4n) is 3.51. The summed E-state index contributed by atoms with van der Waals surface area (Å²) in [4.78, 5) is 0. The molecule has 1 aliphatic rings. The zero-order valence-corrected chi connectivity index (χ0v) is 14.1. The number of benzene rings is 3. The Balaban J connectivity index is 1.72. The van der Waals surface area contributed by atoms with Crippen LogP contribution in [0.1, 0.15) is 17.5 Å². The maximum Gasteiger partial charge on any atom is 0.0706 e. The van der Waals surface area contributed by atoms with Crippen LogP contribution in [0.15, 0.2) is 103 Å². The van der Waals surface area contributed by atoms with Gasteiger partial charge >= 0.3 is 0 Å². The van der Waals surface area contributed by atoms with Crippen molar-refractivity contribution in [3.8, 4) is 11.1 Å². The van der Waals surface area contributed by atoms with Crippen LogP contribution in [0, 0.1) is 0 Å². The predicted octanol–water partition coefficient (Wildman–Crippen LogP) is 5.55. The van der Waals surface area contributed by atoms with Crippen LogP contribution in [0.3, 0.4) is 0 Å². The van der Waals surface area contributed by atoms with Crippen molar-refractivity contribution in [2.75, 3.05) is 0 Å². The quantitative estimate of drug-likeness (QED) is 0.672. The highest BCUT2D eigenvalue weighted by Gasteiger charge is 2.32. The largest absolute Gasteiger partial charge is 0.317 e. The molecule has 1 heteroatoms. The summed E-state index contributed by atoms with van der Waals surface area (Å²) in [6.07, 6.45) is 7.20. The van der Waals surface area contributed by atoms with Gasteiger partial charge in [0.05, 0.1) is 5.54 Å². The molecule has 1 nitrogen and oxygen atoms in total. The lowest BCUT2D eigenvalue weighted by Crippen LogP contribution is -2.38. The summed E-state index contributed by atoms with van der Waals surface area (Å²) in [6.45, 7) is 0. The van der Waals surface area contributed by atoms with Gasteiger partial charge < -0.3 is 5.73 Å². The number of nitrogens with two attached hydrogens (primary N) is 1. The van der Waals surface area contributed by atoms with E-state index in [1.165, 1.54) is 22.3 Å². The molecule has 0 amide bonds. The van der Waals surface area contributed by atoms with Crippen LogP contribution in [0.4, 0.5) is 0 Å². The van der Waals surface area contributed by atoms with Gasteiger partial charge in [0.15, 0.2) is 0 Å². The van der Waals surface area contributed by atoms with Crippen molar-refractivity contribution in [1.82, 2.24) is 0 Å². The van der Waals surface area contributed by atoms with E-state index in [0.717, 1.165) is 12.0 Å². The second kappa shape index (κ2) is 6.54. The summed E-state index contributed by atoms with van der Waals surface area (Å²) in [7, 11) is 0. The third kappa shape index (κ3) is 2.95. The van der Waals surface area contributed by atoms with Crippen molar-refractivity contribution in [1.29, 1.82) is 0 Å². The Hall–Kier alpha value is -2.90. The van der Waals surface area contributed by atoms with Gasteiger partial charge in [0.25, 0.3) is 0 Å². The molecule has 2 N–H and O–H groups in total. The third-order valence-corrected chi connectivity index (χ3v) is 4.91. The van der Waals surface area contributed by atoms with E-state index < -0.39 is 5.54 Å². The fourth-order valence-corrected chi connectivity index (χ4v) is 3.51. The Bertz CT molecular complexity index is 905. The van der Waals surface area contributed by atoms with E-state index in [1.807, 2.05) is 12.1 Å². The topological polar surface area (TPSA) is 26.0 Å². The number of hydrogen-bond donors (Lipinski definition) is 1. The van der Waals surface area contributed by atoms with Gasteiger partial charge in [-0.05, 0) is 34.2 Å². The molecular formula is C24H21N. The molecule has 3 aromatic rings. The first-order valence-corrected chi connectivity index (χ1v) is 8.65. The highest BCUT2D eigenvalue weighted by Crippen LogP contribution is 2.40. The van der Waals surface area contributed by atoms with Gasteiger partial charge in [-0.2, -0.15) is 0 Å². The Kier molecular flexibility index (Phi) is 4.09. The van der Waals surface area contributed by atoms with Crippen molar-refractivity contribution in [2.24, 2.45) is 5.73 Å². The van der Waals surface area contributed by atoms with Gasteiger partial charge in [0.1, 0.15) is 0 Å². The second-order valence-corrected chi connectivity index (χ2v) is 6.49. The molecule has 0 saturated heterocycles. The molecule has 3 aromatic carbocycles. The number of hydrogen-bond acceptors (Lipinski definition) is 1. The molecule has 0 fully saturated rings. The van der Waals surface area contributed by atoms with Crippen LogP contribution in [-0.2, 0) is 5.54 Å². The summed E-state index contributed by atoms with van der Waals surface area (Å²) in [5.41, 5.74) is 12.4. The van der Waals surface area contributed by atoms with Crippen molar-refractivity contribution >= 4 is 5.57 Å². The maximum atomic E-state index is 6.93. The minimum absolute atomic E-state index is 0.495. The van der Waals surface area contributed by atoms with E-state index in [2.05, 4.69) is 91.0 Å². The molecule has 0 radical (unpaired) electrons. The van der Waals surface area contributed by atoms with E-state index in [4.69, 9.17) is 5.73 Å². The minimum atomic E-state index is -0.495. The van der Waals surface area contributed by atoms with Gasteiger partial charge in [-0.15, -0.1) is 0 Å². The first kappa shape index (κ1) is 15.6. The van der Waals surface area contributed by atoms with Crippen molar-refractivity contribution in [3.05, 3.63) is 114 Å². The number of allylic oxidation sites excluding steroid dienone is 2. The van der Waals surface area contributed by atoms with Crippen LogP contribution < -0.4 is 5.73 Å². The second-order valence-electron chi connectivity index (χ2n) is 6.49. The van der Waals surface area contributed by atoms with E-state index >= 15 is 0 Å². The molecule has 1 unspecified atom stereocenters. The SMILES string of the molecule is NC1(c2ccc(-c3ccccc3)cc2)CC=CC=C1c1ccccc1. The zero-order valence-electron chi connectivity index (χ0n) is 14.1. The molecule has 1 atom stereocenters. The van der Waals surface area contributed by atoms with E-state index in [9.17, 15) is 0 Å². The summed E-state index contributed by atoms with van der Waals surface area (Å²) in [6, 6.07) is 29.5. The highest BCUT2D eigenvalue weighted by atomic mass is 14.8.